The molecule has 0 aliphatic carbocycles. The number of benzene rings is 1. The second-order valence-electron chi connectivity index (χ2n) is 3.71. The highest BCUT2D eigenvalue weighted by atomic mass is 19.1. The lowest BCUT2D eigenvalue weighted by atomic mass is 10.1. The first kappa shape index (κ1) is 11.3. The number of halogens is 1. The highest BCUT2D eigenvalue weighted by Gasteiger charge is 2.14. The summed E-state index contributed by atoms with van der Waals surface area (Å²) in [6, 6.07) is 6.02. The van der Waals surface area contributed by atoms with Crippen LogP contribution in [0.3, 0.4) is 0 Å². The number of carbonyl (C=O) groups is 1. The molecule has 2 aromatic rings. The lowest BCUT2D eigenvalue weighted by Gasteiger charge is -2.13. The van der Waals surface area contributed by atoms with E-state index in [2.05, 4.69) is 5.10 Å². The lowest BCUT2D eigenvalue weighted by Crippen LogP contribution is -2.09. The first-order valence-electron chi connectivity index (χ1n) is 5.11. The van der Waals surface area contributed by atoms with E-state index in [1.54, 1.807) is 25.1 Å². The van der Waals surface area contributed by atoms with Gasteiger partial charge in [-0.15, -0.1) is 0 Å². The molecular weight excluding hydrogens is 223 g/mol. The third kappa shape index (κ3) is 2.18. The van der Waals surface area contributed by atoms with E-state index in [9.17, 15) is 9.18 Å². The number of hydrogen-bond donors (Lipinski definition) is 1. The minimum Gasteiger partial charge on any atom is -0.478 e. The Bertz CT molecular complexity index is 551. The third-order valence-corrected chi connectivity index (χ3v) is 2.60. The largest absolute Gasteiger partial charge is 0.478 e. The molecule has 1 aromatic heterocycles. The molecule has 1 unspecified atom stereocenters. The summed E-state index contributed by atoms with van der Waals surface area (Å²) >= 11 is 0. The van der Waals surface area contributed by atoms with Gasteiger partial charge in [0.15, 0.2) is 0 Å². The molecule has 4 nitrogen and oxygen atoms in total. The molecular formula is C12H11FN2O2. The van der Waals surface area contributed by atoms with Crippen LogP contribution in [0.4, 0.5) is 4.39 Å². The van der Waals surface area contributed by atoms with Crippen LogP contribution in [-0.2, 0) is 0 Å². The number of rotatable bonds is 3. The molecule has 0 aliphatic heterocycles. The highest BCUT2D eigenvalue weighted by Crippen LogP contribution is 2.20. The Hall–Kier alpha value is -2.17. The number of aromatic nitrogens is 2. The number of carboxylic acid groups (broad SMARTS) is 1. The topological polar surface area (TPSA) is 55.1 Å². The number of nitrogens with zero attached hydrogens (tertiary/aromatic N) is 2. The lowest BCUT2D eigenvalue weighted by molar-refractivity contribution is 0.0697. The summed E-state index contributed by atoms with van der Waals surface area (Å²) in [5.74, 6) is -1.37. The monoisotopic (exact) mass is 234 g/mol. The number of carboxylic acids is 1. The molecule has 2 rings (SSSR count). The Morgan fingerprint density at radius 1 is 1.47 bits per heavy atom. The molecule has 1 heterocycles. The predicted molar refractivity (Wildman–Crippen MR) is 59.4 cm³/mol. The Balaban J connectivity index is 2.34. The van der Waals surface area contributed by atoms with Crippen LogP contribution in [0.1, 0.15) is 28.9 Å². The van der Waals surface area contributed by atoms with Gasteiger partial charge in [0.1, 0.15) is 5.82 Å². The average molecular weight is 234 g/mol. The Morgan fingerprint density at radius 2 is 2.18 bits per heavy atom. The van der Waals surface area contributed by atoms with E-state index in [-0.39, 0.29) is 17.4 Å². The number of aromatic carboxylic acids is 1. The SMILES string of the molecule is CC(c1ccccc1F)n1cc(C(=O)O)cn1. The van der Waals surface area contributed by atoms with E-state index in [1.807, 2.05) is 0 Å². The summed E-state index contributed by atoms with van der Waals surface area (Å²) in [6.45, 7) is 1.76. The van der Waals surface area contributed by atoms with Crippen LogP contribution in [0, 0.1) is 5.82 Å². The second-order valence-corrected chi connectivity index (χ2v) is 3.71. The molecule has 17 heavy (non-hydrogen) atoms. The molecule has 0 fully saturated rings. The van der Waals surface area contributed by atoms with Crippen LogP contribution in [-0.4, -0.2) is 20.9 Å². The molecule has 0 saturated heterocycles. The minimum atomic E-state index is -1.04. The molecule has 5 heteroatoms. The quantitative estimate of drug-likeness (QED) is 0.886. The Morgan fingerprint density at radius 3 is 2.76 bits per heavy atom. The van der Waals surface area contributed by atoms with E-state index < -0.39 is 5.97 Å². The van der Waals surface area contributed by atoms with Gasteiger partial charge in [-0.1, -0.05) is 18.2 Å². The third-order valence-electron chi connectivity index (χ3n) is 2.60. The maximum atomic E-state index is 13.5. The fourth-order valence-electron chi connectivity index (χ4n) is 1.62. The van der Waals surface area contributed by atoms with Crippen LogP contribution in [0.2, 0.25) is 0 Å². The van der Waals surface area contributed by atoms with Crippen molar-refractivity contribution < 1.29 is 14.3 Å². The smallest absolute Gasteiger partial charge is 0.338 e. The van der Waals surface area contributed by atoms with Gasteiger partial charge in [-0.25, -0.2) is 9.18 Å². The summed E-state index contributed by atoms with van der Waals surface area (Å²) in [6.07, 6.45) is 2.64. The van der Waals surface area contributed by atoms with Gasteiger partial charge in [0, 0.05) is 11.8 Å². The summed E-state index contributed by atoms with van der Waals surface area (Å²) in [4.78, 5) is 10.7. The molecule has 0 aliphatic rings. The number of hydrogen-bond acceptors (Lipinski definition) is 2. The van der Waals surface area contributed by atoms with Crippen molar-refractivity contribution in [3.63, 3.8) is 0 Å². The van der Waals surface area contributed by atoms with Gasteiger partial charge in [0.05, 0.1) is 17.8 Å². The van der Waals surface area contributed by atoms with Crippen LogP contribution < -0.4 is 0 Å². The van der Waals surface area contributed by atoms with Gasteiger partial charge < -0.3 is 5.11 Å². The van der Waals surface area contributed by atoms with Crippen molar-refractivity contribution in [3.05, 3.63) is 53.6 Å². The van der Waals surface area contributed by atoms with Gasteiger partial charge in [-0.05, 0) is 13.0 Å². The molecule has 0 bridgehead atoms. The van der Waals surface area contributed by atoms with Gasteiger partial charge in [-0.3, -0.25) is 4.68 Å². The molecule has 0 amide bonds. The zero-order valence-electron chi connectivity index (χ0n) is 9.17. The van der Waals surface area contributed by atoms with Crippen molar-refractivity contribution in [1.82, 2.24) is 9.78 Å². The van der Waals surface area contributed by atoms with Crippen molar-refractivity contribution in [2.45, 2.75) is 13.0 Å². The molecule has 0 radical (unpaired) electrons. The van der Waals surface area contributed by atoms with Crippen molar-refractivity contribution in [2.75, 3.05) is 0 Å². The molecule has 0 spiro atoms. The van der Waals surface area contributed by atoms with Crippen molar-refractivity contribution in [2.24, 2.45) is 0 Å². The predicted octanol–water partition coefficient (Wildman–Crippen LogP) is 2.33. The van der Waals surface area contributed by atoms with Crippen molar-refractivity contribution in [1.29, 1.82) is 0 Å². The molecule has 1 atom stereocenters. The zero-order chi connectivity index (χ0) is 12.4. The fraction of sp³-hybridized carbons (Fsp3) is 0.167. The standard InChI is InChI=1S/C12H11FN2O2/c1-8(10-4-2-3-5-11(10)13)15-7-9(6-14-15)12(16)17/h2-8H,1H3,(H,16,17). The normalized spacial score (nSPS) is 12.4. The maximum absolute atomic E-state index is 13.5. The van der Waals surface area contributed by atoms with Crippen molar-refractivity contribution in [3.8, 4) is 0 Å². The fourth-order valence-corrected chi connectivity index (χ4v) is 1.62. The molecule has 1 aromatic carbocycles. The van der Waals surface area contributed by atoms with E-state index >= 15 is 0 Å². The summed E-state index contributed by atoms with van der Waals surface area (Å²) < 4.78 is 15.0. The highest BCUT2D eigenvalue weighted by molar-refractivity contribution is 5.86. The molecule has 0 saturated carbocycles. The van der Waals surface area contributed by atoms with Crippen molar-refractivity contribution >= 4 is 5.97 Å². The van der Waals surface area contributed by atoms with Gasteiger partial charge in [0.25, 0.3) is 0 Å². The van der Waals surface area contributed by atoms with E-state index in [0.717, 1.165) is 0 Å². The molecule has 1 N–H and O–H groups in total. The Labute approximate surface area is 97.3 Å². The van der Waals surface area contributed by atoms with Gasteiger partial charge >= 0.3 is 5.97 Å². The van der Waals surface area contributed by atoms with Crippen LogP contribution in [0.25, 0.3) is 0 Å². The van der Waals surface area contributed by atoms with E-state index in [1.165, 1.54) is 23.1 Å². The molecule has 88 valence electrons. The summed E-state index contributed by atoms with van der Waals surface area (Å²) in [7, 11) is 0. The van der Waals surface area contributed by atoms with Gasteiger partial charge in [-0.2, -0.15) is 5.10 Å². The summed E-state index contributed by atoms with van der Waals surface area (Å²) in [5, 5.41) is 12.7. The first-order chi connectivity index (χ1) is 8.09. The minimum absolute atomic E-state index is 0.0909. The van der Waals surface area contributed by atoms with E-state index in [0.29, 0.717) is 5.56 Å². The van der Waals surface area contributed by atoms with Crippen LogP contribution >= 0.6 is 0 Å². The van der Waals surface area contributed by atoms with Crippen LogP contribution in [0.15, 0.2) is 36.7 Å². The maximum Gasteiger partial charge on any atom is 0.338 e. The Kier molecular flexibility index (Phi) is 2.91. The summed E-state index contributed by atoms with van der Waals surface area (Å²) in [5.41, 5.74) is 0.570. The van der Waals surface area contributed by atoms with Crippen LogP contribution in [0.5, 0.6) is 0 Å². The average Bonchev–Trinajstić information content (AvgIpc) is 2.78. The zero-order valence-corrected chi connectivity index (χ0v) is 9.17. The van der Waals surface area contributed by atoms with E-state index in [4.69, 9.17) is 5.11 Å². The first-order valence-corrected chi connectivity index (χ1v) is 5.11. The second kappa shape index (κ2) is 4.37. The van der Waals surface area contributed by atoms with Gasteiger partial charge in [0.2, 0.25) is 0 Å².